The van der Waals surface area contributed by atoms with Crippen LogP contribution in [0.15, 0.2) is 16.6 Å². The van der Waals surface area contributed by atoms with Crippen LogP contribution in [0, 0.1) is 17.0 Å². The minimum absolute atomic E-state index is 0.0656. The number of benzene rings is 1. The van der Waals surface area contributed by atoms with Gasteiger partial charge in [-0.3, -0.25) is 10.1 Å². The lowest BCUT2D eigenvalue weighted by Crippen LogP contribution is -2.49. The number of ether oxygens (including phenoxy) is 1. The van der Waals surface area contributed by atoms with E-state index in [1.165, 1.54) is 0 Å². The summed E-state index contributed by atoms with van der Waals surface area (Å²) in [5.41, 5.74) is 1.57. The van der Waals surface area contributed by atoms with E-state index in [1.807, 2.05) is 0 Å². The number of nitrogens with one attached hydrogen (secondary N) is 2. The second-order valence-corrected chi connectivity index (χ2v) is 6.33. The first-order valence-corrected chi connectivity index (χ1v) is 7.69. The van der Waals surface area contributed by atoms with Gasteiger partial charge in [-0.05, 0) is 48.3 Å². The van der Waals surface area contributed by atoms with Gasteiger partial charge in [0.15, 0.2) is 0 Å². The number of rotatable bonds is 6. The van der Waals surface area contributed by atoms with Crippen LogP contribution < -0.4 is 10.6 Å². The maximum Gasteiger partial charge on any atom is 0.273 e. The zero-order valence-corrected chi connectivity index (χ0v) is 13.8. The van der Waals surface area contributed by atoms with Gasteiger partial charge in [-0.15, -0.1) is 0 Å². The average Bonchev–Trinajstić information content (AvgIpc) is 2.88. The highest BCUT2D eigenvalue weighted by atomic mass is 79.9. The molecule has 1 atom stereocenters. The largest absolute Gasteiger partial charge is 0.383 e. The summed E-state index contributed by atoms with van der Waals surface area (Å²) in [6.45, 7) is 4.10. The van der Waals surface area contributed by atoms with Gasteiger partial charge in [-0.25, -0.2) is 0 Å². The first-order valence-electron chi connectivity index (χ1n) is 6.90. The van der Waals surface area contributed by atoms with E-state index in [-0.39, 0.29) is 16.1 Å². The van der Waals surface area contributed by atoms with Crippen molar-refractivity contribution in [3.63, 3.8) is 0 Å². The molecular formula is C14H20BrN3O3. The predicted octanol–water partition coefficient (Wildman–Crippen LogP) is 2.85. The lowest BCUT2D eigenvalue weighted by atomic mass is 9.98. The Bertz CT molecular complexity index is 530. The van der Waals surface area contributed by atoms with E-state index < -0.39 is 0 Å². The maximum atomic E-state index is 10.9. The van der Waals surface area contributed by atoms with E-state index in [0.29, 0.717) is 16.6 Å². The molecule has 1 unspecified atom stereocenters. The van der Waals surface area contributed by atoms with Gasteiger partial charge in [0, 0.05) is 35.4 Å². The predicted molar refractivity (Wildman–Crippen MR) is 85.9 cm³/mol. The molecule has 1 aliphatic heterocycles. The topological polar surface area (TPSA) is 76.4 Å². The van der Waals surface area contributed by atoms with Crippen LogP contribution in [0.4, 0.5) is 11.4 Å². The molecule has 0 amide bonds. The summed E-state index contributed by atoms with van der Waals surface area (Å²) < 4.78 is 6.02. The van der Waals surface area contributed by atoms with Gasteiger partial charge in [0.25, 0.3) is 5.69 Å². The van der Waals surface area contributed by atoms with Gasteiger partial charge in [0.1, 0.15) is 0 Å². The average molecular weight is 358 g/mol. The van der Waals surface area contributed by atoms with E-state index in [4.69, 9.17) is 4.74 Å². The zero-order chi connectivity index (χ0) is 15.5. The highest BCUT2D eigenvalue weighted by molar-refractivity contribution is 9.10. The summed E-state index contributed by atoms with van der Waals surface area (Å²) in [5, 5.41) is 17.8. The minimum atomic E-state index is -0.366. The molecule has 1 aliphatic rings. The van der Waals surface area contributed by atoms with Crippen molar-refractivity contribution in [2.75, 3.05) is 32.1 Å². The Kier molecular flexibility index (Phi) is 5.18. The fraction of sp³-hybridized carbons (Fsp3) is 0.571. The molecule has 1 aromatic carbocycles. The molecule has 2 N–H and O–H groups in total. The second-order valence-electron chi connectivity index (χ2n) is 5.47. The first kappa shape index (κ1) is 16.2. The molecule has 0 spiro atoms. The smallest absolute Gasteiger partial charge is 0.273 e. The fourth-order valence-corrected chi connectivity index (χ4v) is 3.21. The van der Waals surface area contributed by atoms with Crippen LogP contribution in [0.2, 0.25) is 0 Å². The third kappa shape index (κ3) is 3.72. The van der Waals surface area contributed by atoms with Crippen LogP contribution in [0.3, 0.4) is 0 Å². The molecule has 1 aromatic rings. The Hall–Kier alpha value is -1.18. The summed E-state index contributed by atoms with van der Waals surface area (Å²) in [6.07, 6.45) is 2.18. The van der Waals surface area contributed by atoms with E-state index in [1.54, 1.807) is 26.2 Å². The Morgan fingerprint density at radius 2 is 2.33 bits per heavy atom. The number of nitro benzene ring substituents is 1. The molecule has 1 fully saturated rings. The minimum Gasteiger partial charge on any atom is -0.383 e. The van der Waals surface area contributed by atoms with E-state index >= 15 is 0 Å². The number of hydrogen-bond donors (Lipinski definition) is 2. The second kappa shape index (κ2) is 6.72. The van der Waals surface area contributed by atoms with Crippen molar-refractivity contribution in [3.05, 3.63) is 32.3 Å². The maximum absolute atomic E-state index is 10.9. The van der Waals surface area contributed by atoms with Gasteiger partial charge in [-0.1, -0.05) is 0 Å². The summed E-state index contributed by atoms with van der Waals surface area (Å²) in [7, 11) is 1.70. The summed E-state index contributed by atoms with van der Waals surface area (Å²) in [6, 6.07) is 3.35. The molecular weight excluding hydrogens is 338 g/mol. The molecule has 0 saturated carbocycles. The normalized spacial score (nSPS) is 21.5. The summed E-state index contributed by atoms with van der Waals surface area (Å²) in [5.74, 6) is 0. The molecule has 1 heterocycles. The number of anilines is 1. The van der Waals surface area contributed by atoms with Gasteiger partial charge in [0.05, 0.1) is 17.1 Å². The lowest BCUT2D eigenvalue weighted by molar-refractivity contribution is -0.385. The molecule has 0 aromatic heterocycles. The van der Waals surface area contributed by atoms with E-state index in [9.17, 15) is 10.1 Å². The number of nitrogens with zero attached hydrogens (tertiary/aromatic N) is 1. The van der Waals surface area contributed by atoms with Crippen LogP contribution in [-0.4, -0.2) is 37.3 Å². The standard InChI is InChI=1S/C14H20BrN3O3/c1-10-6-12(11(15)7-13(10)18(19)20)16-8-14(9-21-2)4-3-5-17-14/h6-7,16-17H,3-5,8-9H2,1-2H3. The highest BCUT2D eigenvalue weighted by Crippen LogP contribution is 2.31. The van der Waals surface area contributed by atoms with Crippen molar-refractivity contribution in [1.29, 1.82) is 0 Å². The molecule has 1 saturated heterocycles. The summed E-state index contributed by atoms with van der Waals surface area (Å²) in [4.78, 5) is 10.6. The molecule has 0 aliphatic carbocycles. The van der Waals surface area contributed by atoms with Crippen LogP contribution in [-0.2, 0) is 4.74 Å². The molecule has 7 heteroatoms. The van der Waals surface area contributed by atoms with Gasteiger partial charge in [-0.2, -0.15) is 0 Å². The monoisotopic (exact) mass is 357 g/mol. The number of methoxy groups -OCH3 is 1. The number of aryl methyl sites for hydroxylation is 1. The van der Waals surface area contributed by atoms with Crippen molar-refractivity contribution in [1.82, 2.24) is 5.32 Å². The van der Waals surface area contributed by atoms with E-state index in [0.717, 1.165) is 31.6 Å². The third-order valence-corrected chi connectivity index (χ3v) is 4.51. The Morgan fingerprint density at radius 1 is 1.57 bits per heavy atom. The van der Waals surface area contributed by atoms with Crippen molar-refractivity contribution < 1.29 is 9.66 Å². The number of hydrogen-bond acceptors (Lipinski definition) is 5. The molecule has 116 valence electrons. The lowest BCUT2D eigenvalue weighted by Gasteiger charge is -2.29. The van der Waals surface area contributed by atoms with Crippen molar-refractivity contribution in [3.8, 4) is 0 Å². The molecule has 2 rings (SSSR count). The van der Waals surface area contributed by atoms with Crippen molar-refractivity contribution >= 4 is 27.3 Å². The van der Waals surface area contributed by atoms with Crippen LogP contribution in [0.1, 0.15) is 18.4 Å². The van der Waals surface area contributed by atoms with Crippen LogP contribution >= 0.6 is 15.9 Å². The van der Waals surface area contributed by atoms with E-state index in [2.05, 4.69) is 26.6 Å². The zero-order valence-electron chi connectivity index (χ0n) is 12.2. The van der Waals surface area contributed by atoms with Gasteiger partial charge in [0.2, 0.25) is 0 Å². The van der Waals surface area contributed by atoms with Crippen LogP contribution in [0.5, 0.6) is 0 Å². The molecule has 0 bridgehead atoms. The first-order chi connectivity index (χ1) is 9.97. The molecule has 0 radical (unpaired) electrons. The van der Waals surface area contributed by atoms with Crippen LogP contribution in [0.25, 0.3) is 0 Å². The quantitative estimate of drug-likeness (QED) is 0.604. The van der Waals surface area contributed by atoms with Crippen molar-refractivity contribution in [2.45, 2.75) is 25.3 Å². The Morgan fingerprint density at radius 3 is 2.90 bits per heavy atom. The SMILES string of the molecule is COCC1(CNc2cc(C)c([N+](=O)[O-])cc2Br)CCCN1. The molecule has 6 nitrogen and oxygen atoms in total. The Labute approximate surface area is 132 Å². The fourth-order valence-electron chi connectivity index (χ4n) is 2.74. The third-order valence-electron chi connectivity index (χ3n) is 3.85. The van der Waals surface area contributed by atoms with Gasteiger partial charge < -0.3 is 15.4 Å². The summed E-state index contributed by atoms with van der Waals surface area (Å²) >= 11 is 3.40. The highest BCUT2D eigenvalue weighted by Gasteiger charge is 2.33. The number of halogens is 1. The Balaban J connectivity index is 2.12. The molecule has 21 heavy (non-hydrogen) atoms. The van der Waals surface area contributed by atoms with Gasteiger partial charge >= 0.3 is 0 Å². The van der Waals surface area contributed by atoms with Crippen molar-refractivity contribution in [2.24, 2.45) is 0 Å². The number of nitro groups is 1.